The molecule has 1 saturated carbocycles. The van der Waals surface area contributed by atoms with Crippen LogP contribution >= 0.6 is 0 Å². The molecule has 0 aromatic heterocycles. The molecule has 2 rings (SSSR count). The molecule has 0 bridgehead atoms. The molecule has 1 unspecified atom stereocenters. The Bertz CT molecular complexity index is 611. The molecule has 1 fully saturated rings. The normalized spacial score (nSPS) is 16.1. The Morgan fingerprint density at radius 2 is 1.89 bits per heavy atom. The smallest absolute Gasteiger partial charge is 0.238 e. The lowest BCUT2D eigenvalue weighted by Gasteiger charge is -2.28. The van der Waals surface area contributed by atoms with Gasteiger partial charge >= 0.3 is 0 Å². The number of nitrogens with zero attached hydrogens (tertiary/aromatic N) is 1. The largest absolute Gasteiger partial charge is 0.354 e. The SMILES string of the molecule is CCCN(CC(=O)Nc1ccccc1C)C(C)C(=O)NCC1CCCCC1. The number of anilines is 1. The summed E-state index contributed by atoms with van der Waals surface area (Å²) in [5.74, 6) is 0.557. The lowest BCUT2D eigenvalue weighted by Crippen LogP contribution is -2.49. The number of nitrogens with one attached hydrogen (secondary N) is 2. The number of rotatable bonds is 9. The third-order valence-corrected chi connectivity index (χ3v) is 5.49. The average Bonchev–Trinajstić information content (AvgIpc) is 2.68. The summed E-state index contributed by atoms with van der Waals surface area (Å²) in [6, 6.07) is 7.43. The van der Waals surface area contributed by atoms with Crippen molar-refractivity contribution in [2.24, 2.45) is 5.92 Å². The van der Waals surface area contributed by atoms with Gasteiger partial charge in [0, 0.05) is 12.2 Å². The standard InChI is InChI=1S/C22H35N3O2/c1-4-14-25(16-21(26)24-20-13-9-8-10-17(20)2)18(3)22(27)23-15-19-11-6-5-7-12-19/h8-10,13,18-19H,4-7,11-12,14-16H2,1-3H3,(H,23,27)(H,24,26). The molecule has 2 amide bonds. The van der Waals surface area contributed by atoms with E-state index in [-0.39, 0.29) is 24.4 Å². The van der Waals surface area contributed by atoms with Crippen LogP contribution in [0.5, 0.6) is 0 Å². The van der Waals surface area contributed by atoms with Crippen LogP contribution in [0.3, 0.4) is 0 Å². The Morgan fingerprint density at radius 3 is 2.56 bits per heavy atom. The van der Waals surface area contributed by atoms with Crippen LogP contribution in [0.25, 0.3) is 0 Å². The molecule has 0 saturated heterocycles. The van der Waals surface area contributed by atoms with Crippen LogP contribution < -0.4 is 10.6 Å². The zero-order valence-corrected chi connectivity index (χ0v) is 17.1. The number of amides is 2. The van der Waals surface area contributed by atoms with Gasteiger partial charge in [0.25, 0.3) is 0 Å². The molecule has 0 aliphatic heterocycles. The van der Waals surface area contributed by atoms with Gasteiger partial charge < -0.3 is 10.6 Å². The van der Waals surface area contributed by atoms with Crippen LogP contribution in [0.2, 0.25) is 0 Å². The topological polar surface area (TPSA) is 61.4 Å². The zero-order chi connectivity index (χ0) is 19.6. The summed E-state index contributed by atoms with van der Waals surface area (Å²) in [6.07, 6.45) is 7.20. The Hall–Kier alpha value is -1.88. The van der Waals surface area contributed by atoms with Crippen molar-refractivity contribution in [2.75, 3.05) is 25.0 Å². The van der Waals surface area contributed by atoms with E-state index < -0.39 is 0 Å². The molecule has 2 N–H and O–H groups in total. The highest BCUT2D eigenvalue weighted by Gasteiger charge is 2.24. The van der Waals surface area contributed by atoms with E-state index in [4.69, 9.17) is 0 Å². The van der Waals surface area contributed by atoms with E-state index in [0.29, 0.717) is 5.92 Å². The fraction of sp³-hybridized carbons (Fsp3) is 0.636. The van der Waals surface area contributed by atoms with Crippen LogP contribution in [-0.4, -0.2) is 42.4 Å². The second kappa shape index (κ2) is 11.1. The Morgan fingerprint density at radius 1 is 1.19 bits per heavy atom. The van der Waals surface area contributed by atoms with Crippen molar-refractivity contribution in [3.8, 4) is 0 Å². The summed E-state index contributed by atoms with van der Waals surface area (Å²) in [4.78, 5) is 27.1. The van der Waals surface area contributed by atoms with Crippen LogP contribution in [0.1, 0.15) is 57.9 Å². The molecule has 150 valence electrons. The molecular weight excluding hydrogens is 338 g/mol. The lowest BCUT2D eigenvalue weighted by molar-refractivity contribution is -0.127. The van der Waals surface area contributed by atoms with Gasteiger partial charge in [-0.2, -0.15) is 0 Å². The number of hydrogen-bond donors (Lipinski definition) is 2. The first kappa shape index (κ1) is 21.4. The number of para-hydroxylation sites is 1. The summed E-state index contributed by atoms with van der Waals surface area (Å²) >= 11 is 0. The van der Waals surface area contributed by atoms with E-state index in [2.05, 4.69) is 17.6 Å². The van der Waals surface area contributed by atoms with E-state index in [1.165, 1.54) is 32.1 Å². The monoisotopic (exact) mass is 373 g/mol. The van der Waals surface area contributed by atoms with Gasteiger partial charge in [-0.05, 0) is 57.2 Å². The zero-order valence-electron chi connectivity index (χ0n) is 17.1. The second-order valence-corrected chi connectivity index (χ2v) is 7.76. The van der Waals surface area contributed by atoms with Gasteiger partial charge in [-0.25, -0.2) is 0 Å². The van der Waals surface area contributed by atoms with Crippen molar-refractivity contribution >= 4 is 17.5 Å². The Balaban J connectivity index is 1.86. The van der Waals surface area contributed by atoms with Crippen LogP contribution in [-0.2, 0) is 9.59 Å². The number of aryl methyl sites for hydroxylation is 1. The minimum atomic E-state index is -0.309. The summed E-state index contributed by atoms with van der Waals surface area (Å²) < 4.78 is 0. The van der Waals surface area contributed by atoms with Crippen LogP contribution in [0.4, 0.5) is 5.69 Å². The van der Waals surface area contributed by atoms with E-state index in [1.54, 1.807) is 0 Å². The van der Waals surface area contributed by atoms with E-state index in [0.717, 1.165) is 30.8 Å². The van der Waals surface area contributed by atoms with Crippen molar-refractivity contribution in [1.29, 1.82) is 0 Å². The fourth-order valence-electron chi connectivity index (χ4n) is 3.73. The predicted molar refractivity (Wildman–Crippen MR) is 111 cm³/mol. The van der Waals surface area contributed by atoms with Crippen molar-refractivity contribution in [1.82, 2.24) is 10.2 Å². The van der Waals surface area contributed by atoms with Gasteiger partial charge in [0.2, 0.25) is 11.8 Å². The summed E-state index contributed by atoms with van der Waals surface area (Å²) in [5.41, 5.74) is 1.86. The van der Waals surface area contributed by atoms with Crippen molar-refractivity contribution in [3.63, 3.8) is 0 Å². The van der Waals surface area contributed by atoms with Gasteiger partial charge in [0.15, 0.2) is 0 Å². The second-order valence-electron chi connectivity index (χ2n) is 7.76. The molecule has 1 aliphatic rings. The molecule has 0 radical (unpaired) electrons. The molecule has 5 heteroatoms. The number of carbonyl (C=O) groups is 2. The van der Waals surface area contributed by atoms with Gasteiger partial charge in [0.1, 0.15) is 0 Å². The predicted octanol–water partition coefficient (Wildman–Crippen LogP) is 3.73. The van der Waals surface area contributed by atoms with Gasteiger partial charge in [-0.3, -0.25) is 14.5 Å². The van der Waals surface area contributed by atoms with E-state index in [9.17, 15) is 9.59 Å². The molecule has 1 aromatic rings. The molecule has 5 nitrogen and oxygen atoms in total. The average molecular weight is 374 g/mol. The molecule has 1 aliphatic carbocycles. The third kappa shape index (κ3) is 6.98. The minimum Gasteiger partial charge on any atom is -0.354 e. The molecule has 1 aromatic carbocycles. The third-order valence-electron chi connectivity index (χ3n) is 5.49. The highest BCUT2D eigenvalue weighted by molar-refractivity contribution is 5.93. The molecule has 0 heterocycles. The molecule has 0 spiro atoms. The maximum Gasteiger partial charge on any atom is 0.238 e. The molecular formula is C22H35N3O2. The van der Waals surface area contributed by atoms with Gasteiger partial charge in [-0.15, -0.1) is 0 Å². The highest BCUT2D eigenvalue weighted by Crippen LogP contribution is 2.22. The van der Waals surface area contributed by atoms with Gasteiger partial charge in [-0.1, -0.05) is 44.4 Å². The maximum atomic E-state index is 12.6. The minimum absolute atomic E-state index is 0.0257. The highest BCUT2D eigenvalue weighted by atomic mass is 16.2. The number of benzene rings is 1. The Kier molecular flexibility index (Phi) is 8.79. The van der Waals surface area contributed by atoms with Crippen LogP contribution in [0.15, 0.2) is 24.3 Å². The van der Waals surface area contributed by atoms with E-state index in [1.807, 2.05) is 43.0 Å². The van der Waals surface area contributed by atoms with Crippen molar-refractivity contribution < 1.29 is 9.59 Å². The fourth-order valence-corrected chi connectivity index (χ4v) is 3.73. The lowest BCUT2D eigenvalue weighted by atomic mass is 9.89. The van der Waals surface area contributed by atoms with Crippen molar-refractivity contribution in [3.05, 3.63) is 29.8 Å². The summed E-state index contributed by atoms with van der Waals surface area (Å²) in [7, 11) is 0. The number of carbonyl (C=O) groups excluding carboxylic acids is 2. The number of hydrogen-bond acceptors (Lipinski definition) is 3. The maximum absolute atomic E-state index is 12.6. The van der Waals surface area contributed by atoms with Gasteiger partial charge in [0.05, 0.1) is 12.6 Å². The quantitative estimate of drug-likeness (QED) is 0.693. The molecule has 27 heavy (non-hydrogen) atoms. The first-order valence-corrected chi connectivity index (χ1v) is 10.4. The summed E-state index contributed by atoms with van der Waals surface area (Å²) in [6.45, 7) is 7.64. The van der Waals surface area contributed by atoms with E-state index >= 15 is 0 Å². The summed E-state index contributed by atoms with van der Waals surface area (Å²) in [5, 5.41) is 6.08. The van der Waals surface area contributed by atoms with Crippen LogP contribution in [0, 0.1) is 12.8 Å². The first-order chi connectivity index (χ1) is 13.0. The first-order valence-electron chi connectivity index (χ1n) is 10.4. The van der Waals surface area contributed by atoms with Crippen molar-refractivity contribution in [2.45, 2.75) is 65.3 Å². The Labute approximate surface area is 163 Å². The molecule has 1 atom stereocenters.